The zero-order valence-corrected chi connectivity index (χ0v) is 28.1. The fourth-order valence-corrected chi connectivity index (χ4v) is 9.96. The van der Waals surface area contributed by atoms with Gasteiger partial charge in [0.1, 0.15) is 17.0 Å². The van der Waals surface area contributed by atoms with Crippen molar-refractivity contribution in [3.05, 3.63) is 58.5 Å². The van der Waals surface area contributed by atoms with Gasteiger partial charge in [0.2, 0.25) is 5.91 Å². The van der Waals surface area contributed by atoms with Crippen molar-refractivity contribution in [2.24, 2.45) is 22.7 Å². The average molecular weight is 659 g/mol. The van der Waals surface area contributed by atoms with Crippen molar-refractivity contribution in [2.75, 3.05) is 25.0 Å². The standard InChI is InChI=1S/C37H42N2O7S/c1-5-39(6-2)16-8-10-22-9-7-11-24(17-22)47-28-20-37-19-23-18-27(46-36(23,4)21-37)32(37)35(3,33(28)43)15-14-29(41)38-30-26(40)13-12-25(31(30)42)34(44)45/h7,9,11-13,17,20,23,27,32,40,42H,5-6,14-16,18-19,21H2,1-4H3,(H,38,41)(H,44,45)/t23-,27+,32+,35+,36+,37-/m1/s1. The number of hydrogen-bond donors (Lipinski definition) is 4. The summed E-state index contributed by atoms with van der Waals surface area (Å²) >= 11 is 1.46. The number of thioether (sulfide) groups is 1. The summed E-state index contributed by atoms with van der Waals surface area (Å²) < 4.78 is 6.63. The van der Waals surface area contributed by atoms with Gasteiger partial charge in [0.25, 0.3) is 0 Å². The molecule has 1 spiro atoms. The number of carbonyl (C=O) groups is 3. The number of ether oxygens (including phenoxy) is 1. The second kappa shape index (κ2) is 12.3. The van der Waals surface area contributed by atoms with Gasteiger partial charge in [-0.25, -0.2) is 4.79 Å². The van der Waals surface area contributed by atoms with Crippen molar-refractivity contribution in [1.29, 1.82) is 0 Å². The Bertz CT molecular complexity index is 1720. The molecule has 0 aromatic heterocycles. The number of Topliss-reactive ketones (excluding diaryl/α,β-unsaturated/α-hetero) is 1. The number of phenols is 2. The van der Waals surface area contributed by atoms with Crippen molar-refractivity contribution in [2.45, 2.75) is 76.4 Å². The third-order valence-corrected chi connectivity index (χ3v) is 12.0. The Labute approximate surface area is 279 Å². The number of aromatic hydroxyl groups is 2. The van der Waals surface area contributed by atoms with E-state index in [9.17, 15) is 29.7 Å². The number of hydrogen-bond acceptors (Lipinski definition) is 8. The van der Waals surface area contributed by atoms with Gasteiger partial charge in [0.15, 0.2) is 11.5 Å². The molecule has 5 aliphatic rings. The maximum Gasteiger partial charge on any atom is 0.339 e. The monoisotopic (exact) mass is 658 g/mol. The maximum absolute atomic E-state index is 14.6. The Kier molecular flexibility index (Phi) is 8.70. The number of aromatic carboxylic acids is 1. The van der Waals surface area contributed by atoms with Crippen LogP contribution >= 0.6 is 11.8 Å². The molecule has 6 atom stereocenters. The number of carboxylic acids is 1. The number of amides is 1. The third-order valence-electron chi connectivity index (χ3n) is 11.0. The molecule has 248 valence electrons. The number of carboxylic acid groups (broad SMARTS) is 1. The molecule has 2 aliphatic heterocycles. The van der Waals surface area contributed by atoms with E-state index in [1.54, 1.807) is 0 Å². The first-order chi connectivity index (χ1) is 22.3. The molecule has 0 unspecified atom stereocenters. The molecule has 4 fully saturated rings. The van der Waals surface area contributed by atoms with Crippen molar-refractivity contribution in [3.63, 3.8) is 0 Å². The number of rotatable bonds is 10. The molecular formula is C37H42N2O7S. The quantitative estimate of drug-likeness (QED) is 0.178. The number of nitrogens with zero attached hydrogens (tertiary/aromatic N) is 1. The first-order valence-corrected chi connectivity index (χ1v) is 17.2. The topological polar surface area (TPSA) is 136 Å². The lowest BCUT2D eigenvalue weighted by atomic mass is 9.51. The molecule has 2 saturated heterocycles. The predicted molar refractivity (Wildman–Crippen MR) is 179 cm³/mol. The van der Waals surface area contributed by atoms with Gasteiger partial charge in [0.05, 0.1) is 23.2 Å². The molecule has 2 aromatic rings. The van der Waals surface area contributed by atoms with E-state index in [1.165, 1.54) is 11.8 Å². The first kappa shape index (κ1) is 33.1. The Hall–Kier alpha value is -3.78. The molecular weight excluding hydrogens is 616 g/mol. The highest BCUT2D eigenvalue weighted by atomic mass is 32.2. The van der Waals surface area contributed by atoms with Crippen LogP contribution in [-0.2, 0) is 14.3 Å². The highest BCUT2D eigenvalue weighted by Crippen LogP contribution is 2.72. The van der Waals surface area contributed by atoms with Crippen LogP contribution in [0.3, 0.4) is 0 Å². The minimum Gasteiger partial charge on any atom is -0.506 e. The summed E-state index contributed by atoms with van der Waals surface area (Å²) in [4.78, 5) is 43.2. The molecule has 2 saturated carbocycles. The average Bonchev–Trinajstić information content (AvgIpc) is 3.39. The van der Waals surface area contributed by atoms with Gasteiger partial charge in [-0.2, -0.15) is 0 Å². The van der Waals surface area contributed by atoms with Crippen LogP contribution in [0.25, 0.3) is 0 Å². The Morgan fingerprint density at radius 3 is 2.62 bits per heavy atom. The summed E-state index contributed by atoms with van der Waals surface area (Å²) in [5.41, 5.74) is -1.28. The zero-order chi connectivity index (χ0) is 33.7. The summed E-state index contributed by atoms with van der Waals surface area (Å²) in [7, 11) is 0. The summed E-state index contributed by atoms with van der Waals surface area (Å²) in [5, 5.41) is 32.6. The SMILES string of the molecule is CCN(CC)CC#Cc1cccc(SC2=C[C@]34C[C@H]5C[C@H](O[C@@]5(C)C3)[C@H]4[C@](C)(CCC(=O)Nc3c(O)ccc(C(=O)O)c3O)C2=O)c1. The molecule has 9 nitrogen and oxygen atoms in total. The van der Waals surface area contributed by atoms with Crippen LogP contribution in [-0.4, -0.2) is 69.2 Å². The van der Waals surface area contributed by atoms with E-state index in [0.717, 1.165) is 54.9 Å². The van der Waals surface area contributed by atoms with Gasteiger partial charge in [0, 0.05) is 28.2 Å². The molecule has 0 radical (unpaired) electrons. The normalized spacial score (nSPS) is 30.1. The fraction of sp³-hybridized carbons (Fsp3) is 0.486. The summed E-state index contributed by atoms with van der Waals surface area (Å²) in [6.07, 6.45) is 4.93. The number of anilines is 1. The predicted octanol–water partition coefficient (Wildman–Crippen LogP) is 6.05. The van der Waals surface area contributed by atoms with Crippen LogP contribution in [0, 0.1) is 34.5 Å². The van der Waals surface area contributed by atoms with Crippen LogP contribution in [0.5, 0.6) is 11.5 Å². The van der Waals surface area contributed by atoms with Crippen molar-refractivity contribution in [1.82, 2.24) is 4.90 Å². The molecule has 3 aliphatic carbocycles. The fourth-order valence-electron chi connectivity index (χ4n) is 8.76. The lowest BCUT2D eigenvalue weighted by molar-refractivity contribution is -0.169. The highest BCUT2D eigenvalue weighted by Gasteiger charge is 2.72. The van der Waals surface area contributed by atoms with Crippen LogP contribution in [0.15, 0.2) is 52.3 Å². The highest BCUT2D eigenvalue weighted by molar-refractivity contribution is 8.04. The van der Waals surface area contributed by atoms with Gasteiger partial charge in [-0.05, 0) is 87.4 Å². The van der Waals surface area contributed by atoms with E-state index in [-0.39, 0.29) is 47.4 Å². The number of ketones is 1. The lowest BCUT2D eigenvalue weighted by Gasteiger charge is -2.56. The van der Waals surface area contributed by atoms with E-state index in [2.05, 4.69) is 48.9 Å². The zero-order valence-electron chi connectivity index (χ0n) is 27.3. The summed E-state index contributed by atoms with van der Waals surface area (Å²) in [6, 6.07) is 10.1. The van der Waals surface area contributed by atoms with Gasteiger partial charge >= 0.3 is 5.97 Å². The van der Waals surface area contributed by atoms with Crippen LogP contribution in [0.1, 0.15) is 75.7 Å². The van der Waals surface area contributed by atoms with Gasteiger partial charge in [-0.1, -0.05) is 56.5 Å². The number of benzene rings is 2. The largest absolute Gasteiger partial charge is 0.506 e. The number of phenolic OH excluding ortho intramolecular Hbond substituents is 1. The molecule has 7 rings (SSSR count). The number of nitrogens with one attached hydrogen (secondary N) is 1. The van der Waals surface area contributed by atoms with E-state index >= 15 is 0 Å². The summed E-state index contributed by atoms with van der Waals surface area (Å²) in [5.74, 6) is 3.72. The van der Waals surface area contributed by atoms with Gasteiger partial charge in [-0.15, -0.1) is 0 Å². The van der Waals surface area contributed by atoms with E-state index in [0.29, 0.717) is 17.4 Å². The second-order valence-corrected chi connectivity index (χ2v) is 15.0. The first-order valence-electron chi connectivity index (χ1n) is 16.3. The van der Waals surface area contributed by atoms with Crippen LogP contribution < -0.4 is 5.32 Å². The van der Waals surface area contributed by atoms with Crippen molar-refractivity contribution >= 4 is 35.1 Å². The van der Waals surface area contributed by atoms with Crippen LogP contribution in [0.4, 0.5) is 5.69 Å². The van der Waals surface area contributed by atoms with E-state index in [1.807, 2.05) is 31.2 Å². The second-order valence-electron chi connectivity index (χ2n) is 13.9. The van der Waals surface area contributed by atoms with Gasteiger partial charge in [-0.3, -0.25) is 14.5 Å². The molecule has 47 heavy (non-hydrogen) atoms. The molecule has 2 aromatic carbocycles. The van der Waals surface area contributed by atoms with Crippen molar-refractivity contribution < 1.29 is 34.4 Å². The van der Waals surface area contributed by atoms with E-state index < -0.39 is 34.4 Å². The van der Waals surface area contributed by atoms with Crippen LogP contribution in [0.2, 0.25) is 0 Å². The third kappa shape index (κ3) is 5.83. The minimum atomic E-state index is -1.39. The maximum atomic E-state index is 14.6. The number of allylic oxidation sites excluding steroid dienone is 2. The summed E-state index contributed by atoms with van der Waals surface area (Å²) in [6.45, 7) is 10.9. The smallest absolute Gasteiger partial charge is 0.339 e. The van der Waals surface area contributed by atoms with Crippen molar-refractivity contribution in [3.8, 4) is 23.3 Å². The minimum absolute atomic E-state index is 0.0231. The van der Waals surface area contributed by atoms with Gasteiger partial charge < -0.3 is 25.4 Å². The lowest BCUT2D eigenvalue weighted by Crippen LogP contribution is -2.57. The number of carbonyl (C=O) groups excluding carboxylic acids is 2. The molecule has 4 bridgehead atoms. The molecule has 1 amide bonds. The van der Waals surface area contributed by atoms with E-state index in [4.69, 9.17) is 4.74 Å². The Balaban J connectivity index is 1.26. The Morgan fingerprint density at radius 2 is 1.91 bits per heavy atom. The molecule has 4 N–H and O–H groups in total. The molecule has 2 heterocycles. The Morgan fingerprint density at radius 1 is 1.15 bits per heavy atom. The molecule has 10 heteroatoms.